The van der Waals surface area contributed by atoms with Crippen molar-refractivity contribution < 1.29 is 32.2 Å². The van der Waals surface area contributed by atoms with Gasteiger partial charge in [-0.1, -0.05) is 17.7 Å². The Hall–Kier alpha value is -2.98. The quantitative estimate of drug-likeness (QED) is 0.567. The molecular formula is C23H27ClN2O7S. The Morgan fingerprint density at radius 1 is 1.03 bits per heavy atom. The van der Waals surface area contributed by atoms with Gasteiger partial charge in [0.1, 0.15) is 11.5 Å². The van der Waals surface area contributed by atoms with E-state index >= 15 is 0 Å². The molecule has 11 heteroatoms. The first kappa shape index (κ1) is 25.6. The van der Waals surface area contributed by atoms with Crippen LogP contribution in [0.1, 0.15) is 28.8 Å². The molecule has 1 heterocycles. The van der Waals surface area contributed by atoms with Crippen molar-refractivity contribution in [3.63, 3.8) is 0 Å². The first-order chi connectivity index (χ1) is 16.1. The van der Waals surface area contributed by atoms with Crippen LogP contribution in [0.4, 0.5) is 5.69 Å². The molecule has 3 rings (SSSR count). The first-order valence-electron chi connectivity index (χ1n) is 10.5. The molecule has 0 aromatic heterocycles. The number of carbonyl (C=O) groups excluding carboxylic acids is 2. The van der Waals surface area contributed by atoms with Gasteiger partial charge in [0.15, 0.2) is 0 Å². The lowest BCUT2D eigenvalue weighted by Crippen LogP contribution is -2.40. The van der Waals surface area contributed by atoms with Crippen molar-refractivity contribution in [2.45, 2.75) is 24.7 Å². The van der Waals surface area contributed by atoms with Crippen LogP contribution in [0.3, 0.4) is 0 Å². The summed E-state index contributed by atoms with van der Waals surface area (Å²) in [5.41, 5.74) is 0.837. The Balaban J connectivity index is 1.85. The normalized spacial score (nSPS) is 14.4. The number of esters is 1. The number of sulfonamides is 1. The molecule has 0 atom stereocenters. The van der Waals surface area contributed by atoms with Gasteiger partial charge in [-0.15, -0.1) is 0 Å². The van der Waals surface area contributed by atoms with E-state index in [2.05, 4.69) is 4.72 Å². The summed E-state index contributed by atoms with van der Waals surface area (Å²) in [6, 6.07) is 7.40. The van der Waals surface area contributed by atoms with Gasteiger partial charge in [0, 0.05) is 24.7 Å². The molecule has 0 radical (unpaired) electrons. The van der Waals surface area contributed by atoms with Crippen LogP contribution >= 0.6 is 11.6 Å². The third-order valence-corrected chi connectivity index (χ3v) is 7.56. The molecule has 1 fully saturated rings. The van der Waals surface area contributed by atoms with Gasteiger partial charge in [-0.25, -0.2) is 8.42 Å². The molecule has 0 aliphatic carbocycles. The molecular weight excluding hydrogens is 484 g/mol. The summed E-state index contributed by atoms with van der Waals surface area (Å²) in [5, 5.41) is 0.206. The summed E-state index contributed by atoms with van der Waals surface area (Å²) in [4.78, 5) is 26.4. The minimum atomic E-state index is -4.08. The van der Waals surface area contributed by atoms with E-state index in [1.54, 1.807) is 24.0 Å². The van der Waals surface area contributed by atoms with Gasteiger partial charge in [-0.2, -0.15) is 0 Å². The van der Waals surface area contributed by atoms with Gasteiger partial charge in [-0.3, -0.25) is 14.3 Å². The monoisotopic (exact) mass is 510 g/mol. The lowest BCUT2D eigenvalue weighted by molar-refractivity contribution is -0.146. The molecule has 0 saturated carbocycles. The average molecular weight is 511 g/mol. The number of rotatable bonds is 7. The van der Waals surface area contributed by atoms with Crippen molar-refractivity contribution in [2.24, 2.45) is 5.92 Å². The molecule has 34 heavy (non-hydrogen) atoms. The van der Waals surface area contributed by atoms with Crippen molar-refractivity contribution >= 4 is 39.2 Å². The number of hydrogen-bond acceptors (Lipinski definition) is 7. The van der Waals surface area contributed by atoms with Crippen LogP contribution in [0.25, 0.3) is 0 Å². The van der Waals surface area contributed by atoms with Crippen LogP contribution in [-0.4, -0.2) is 59.6 Å². The molecule has 1 aliphatic rings. The lowest BCUT2D eigenvalue weighted by atomic mass is 9.96. The number of piperidine rings is 1. The molecule has 1 N–H and O–H groups in total. The van der Waals surface area contributed by atoms with Crippen molar-refractivity contribution in [2.75, 3.05) is 39.1 Å². The highest BCUT2D eigenvalue weighted by atomic mass is 35.5. The van der Waals surface area contributed by atoms with E-state index in [1.807, 2.05) is 0 Å². The maximum atomic E-state index is 13.2. The van der Waals surface area contributed by atoms with Crippen LogP contribution in [0.15, 0.2) is 35.2 Å². The molecule has 1 saturated heterocycles. The smallest absolute Gasteiger partial charge is 0.308 e. The Kier molecular flexibility index (Phi) is 7.93. The summed E-state index contributed by atoms with van der Waals surface area (Å²) in [5.74, 6) is -0.260. The number of aryl methyl sites for hydroxylation is 1. The molecule has 2 aromatic carbocycles. The Morgan fingerprint density at radius 2 is 1.68 bits per heavy atom. The zero-order valence-electron chi connectivity index (χ0n) is 19.4. The van der Waals surface area contributed by atoms with Gasteiger partial charge in [0.05, 0.1) is 42.9 Å². The number of anilines is 1. The Labute approximate surface area is 204 Å². The van der Waals surface area contributed by atoms with E-state index in [9.17, 15) is 18.0 Å². The number of ether oxygens (including phenoxy) is 3. The fourth-order valence-corrected chi connectivity index (χ4v) is 5.40. The SMILES string of the molecule is COC(=O)C1CCN(C(=O)c2ccc(C)c(S(=O)(=O)Nc3cc(Cl)c(OC)cc3OC)c2)CC1. The molecule has 0 spiro atoms. The summed E-state index contributed by atoms with van der Waals surface area (Å²) in [6.45, 7) is 2.41. The van der Waals surface area contributed by atoms with E-state index in [4.69, 9.17) is 25.8 Å². The van der Waals surface area contributed by atoms with Gasteiger partial charge in [-0.05, 0) is 43.5 Å². The predicted octanol–water partition coefficient (Wildman–Crippen LogP) is 3.49. The molecule has 184 valence electrons. The molecule has 9 nitrogen and oxygen atoms in total. The maximum Gasteiger partial charge on any atom is 0.308 e. The van der Waals surface area contributed by atoms with Gasteiger partial charge >= 0.3 is 5.97 Å². The van der Waals surface area contributed by atoms with Gasteiger partial charge in [0.25, 0.3) is 15.9 Å². The highest BCUT2D eigenvalue weighted by molar-refractivity contribution is 7.92. The summed E-state index contributed by atoms with van der Waals surface area (Å²) in [7, 11) is 0.0964. The van der Waals surface area contributed by atoms with E-state index in [-0.39, 0.29) is 44.7 Å². The van der Waals surface area contributed by atoms with Crippen LogP contribution in [0, 0.1) is 12.8 Å². The third kappa shape index (κ3) is 5.39. The summed E-state index contributed by atoms with van der Waals surface area (Å²) in [6.07, 6.45) is 0.990. The minimum Gasteiger partial charge on any atom is -0.495 e. The largest absolute Gasteiger partial charge is 0.495 e. The number of likely N-dealkylation sites (tertiary alicyclic amines) is 1. The minimum absolute atomic E-state index is 0.0446. The summed E-state index contributed by atoms with van der Waals surface area (Å²) < 4.78 is 44.2. The fraction of sp³-hybridized carbons (Fsp3) is 0.391. The van der Waals surface area contributed by atoms with Crippen LogP contribution < -0.4 is 14.2 Å². The lowest BCUT2D eigenvalue weighted by Gasteiger charge is -2.30. The van der Waals surface area contributed by atoms with E-state index in [0.717, 1.165) is 0 Å². The molecule has 2 aromatic rings. The highest BCUT2D eigenvalue weighted by Crippen LogP contribution is 2.37. The van der Waals surface area contributed by atoms with Crippen LogP contribution in [0.2, 0.25) is 5.02 Å². The maximum absolute atomic E-state index is 13.2. The highest BCUT2D eigenvalue weighted by Gasteiger charge is 2.29. The number of nitrogens with zero attached hydrogens (tertiary/aromatic N) is 1. The predicted molar refractivity (Wildman–Crippen MR) is 127 cm³/mol. The summed E-state index contributed by atoms with van der Waals surface area (Å²) >= 11 is 6.16. The van der Waals surface area contributed by atoms with Gasteiger partial charge in [0.2, 0.25) is 0 Å². The van der Waals surface area contributed by atoms with E-state index in [1.165, 1.54) is 39.5 Å². The zero-order chi connectivity index (χ0) is 25.0. The van der Waals surface area contributed by atoms with Crippen molar-refractivity contribution in [1.82, 2.24) is 4.90 Å². The fourth-order valence-electron chi connectivity index (χ4n) is 3.83. The molecule has 0 unspecified atom stereocenters. The van der Waals surface area contributed by atoms with Crippen LogP contribution in [-0.2, 0) is 19.6 Å². The average Bonchev–Trinajstić information content (AvgIpc) is 2.83. The first-order valence-corrected chi connectivity index (χ1v) is 12.4. The van der Waals surface area contributed by atoms with Crippen molar-refractivity contribution in [3.8, 4) is 11.5 Å². The second-order valence-corrected chi connectivity index (χ2v) is 9.92. The number of methoxy groups -OCH3 is 3. The second kappa shape index (κ2) is 10.5. The second-order valence-electron chi connectivity index (χ2n) is 7.86. The number of halogens is 1. The Morgan fingerprint density at radius 3 is 2.26 bits per heavy atom. The van der Waals surface area contributed by atoms with Crippen LogP contribution in [0.5, 0.6) is 11.5 Å². The van der Waals surface area contributed by atoms with E-state index in [0.29, 0.717) is 37.2 Å². The van der Waals surface area contributed by atoms with E-state index < -0.39 is 10.0 Å². The molecule has 1 amide bonds. The number of amides is 1. The molecule has 0 bridgehead atoms. The molecule has 1 aliphatic heterocycles. The topological polar surface area (TPSA) is 111 Å². The number of carbonyl (C=O) groups is 2. The number of hydrogen-bond donors (Lipinski definition) is 1. The zero-order valence-corrected chi connectivity index (χ0v) is 21.0. The van der Waals surface area contributed by atoms with Gasteiger partial charge < -0.3 is 19.1 Å². The Bertz CT molecular complexity index is 1190. The van der Waals surface area contributed by atoms with Crippen molar-refractivity contribution in [3.05, 3.63) is 46.5 Å². The number of benzene rings is 2. The van der Waals surface area contributed by atoms with Crippen molar-refractivity contribution in [1.29, 1.82) is 0 Å². The third-order valence-electron chi connectivity index (χ3n) is 5.76. The standard InChI is InChI=1S/C23H27ClN2O7S/c1-14-5-6-16(22(27)26-9-7-15(8-10-26)23(28)33-4)11-21(14)34(29,30)25-18-12-17(24)19(31-2)13-20(18)32-3/h5-6,11-13,15,25H,7-10H2,1-4H3. The number of nitrogens with one attached hydrogen (secondary N) is 1.